The van der Waals surface area contributed by atoms with E-state index in [9.17, 15) is 20.0 Å². The highest BCUT2D eigenvalue weighted by Crippen LogP contribution is 2.64. The van der Waals surface area contributed by atoms with Gasteiger partial charge in [-0.3, -0.25) is 9.59 Å². The van der Waals surface area contributed by atoms with Crippen molar-refractivity contribution in [1.29, 1.82) is 5.26 Å². The van der Waals surface area contributed by atoms with Crippen molar-refractivity contribution in [3.8, 4) is 17.6 Å². The van der Waals surface area contributed by atoms with Crippen LogP contribution in [0, 0.1) is 22.7 Å². The summed E-state index contributed by atoms with van der Waals surface area (Å²) in [5, 5.41) is 24.2. The number of esters is 1. The van der Waals surface area contributed by atoms with Gasteiger partial charge in [-0.1, -0.05) is 84.9 Å². The molecule has 1 aliphatic rings. The molecule has 5 rings (SSSR count). The number of methoxy groups -OCH3 is 2. The number of hydrogen-bond acceptors (Lipinski definition) is 7. The van der Waals surface area contributed by atoms with Crippen molar-refractivity contribution in [3.63, 3.8) is 0 Å². The zero-order valence-electron chi connectivity index (χ0n) is 25.0. The first kappa shape index (κ1) is 30.5. The highest BCUT2D eigenvalue weighted by molar-refractivity contribution is 6.00. The minimum atomic E-state index is -1.89. The van der Waals surface area contributed by atoms with E-state index in [1.807, 2.05) is 6.07 Å². The van der Waals surface area contributed by atoms with E-state index < -0.39 is 34.7 Å². The number of Topliss-reactive ketones (excluding diaryl/α,β-unsaturated/α-hetero) is 1. The molecule has 5 atom stereocenters. The first-order valence-electron chi connectivity index (χ1n) is 14.6. The molecule has 0 heterocycles. The fraction of sp³-hybridized carbons (Fsp3) is 0.270. The topological polar surface area (TPSA) is 106 Å². The third-order valence-corrected chi connectivity index (χ3v) is 8.81. The van der Waals surface area contributed by atoms with Crippen LogP contribution in [0.2, 0.25) is 0 Å². The Morgan fingerprint density at radius 1 is 0.818 bits per heavy atom. The monoisotopic (exact) mass is 589 g/mol. The first-order chi connectivity index (χ1) is 21.3. The van der Waals surface area contributed by atoms with Crippen molar-refractivity contribution in [2.24, 2.45) is 11.3 Å². The van der Waals surface area contributed by atoms with Gasteiger partial charge in [0.05, 0.1) is 32.8 Å². The van der Waals surface area contributed by atoms with Gasteiger partial charge in [0.15, 0.2) is 11.2 Å². The second kappa shape index (κ2) is 12.7. The molecule has 0 saturated heterocycles. The van der Waals surface area contributed by atoms with Crippen molar-refractivity contribution in [2.45, 2.75) is 30.8 Å². The molecule has 0 unspecified atom stereocenters. The summed E-state index contributed by atoms with van der Waals surface area (Å²) in [6, 6.07) is 34.1. The predicted molar refractivity (Wildman–Crippen MR) is 165 cm³/mol. The number of nitrogens with zero attached hydrogens (tertiary/aromatic N) is 1. The van der Waals surface area contributed by atoms with Gasteiger partial charge in [-0.05, 0) is 54.3 Å². The predicted octanol–water partition coefficient (Wildman–Crippen LogP) is 6.43. The summed E-state index contributed by atoms with van der Waals surface area (Å²) in [6.45, 7) is 1.72. The fourth-order valence-corrected chi connectivity index (χ4v) is 6.73. The molecule has 4 aromatic carbocycles. The number of aliphatic hydroxyl groups is 1. The van der Waals surface area contributed by atoms with Crippen LogP contribution in [0.3, 0.4) is 0 Å². The van der Waals surface area contributed by atoms with Crippen LogP contribution < -0.4 is 9.47 Å². The fourth-order valence-electron chi connectivity index (χ4n) is 6.73. The maximum atomic E-state index is 14.7. The minimum Gasteiger partial charge on any atom is -0.497 e. The van der Waals surface area contributed by atoms with Gasteiger partial charge in [-0.25, -0.2) is 0 Å². The summed E-state index contributed by atoms with van der Waals surface area (Å²) >= 11 is 0. The number of ketones is 1. The molecule has 7 heteroatoms. The normalized spacial score (nSPS) is 24.5. The Bertz CT molecular complexity index is 1630. The van der Waals surface area contributed by atoms with Crippen LogP contribution in [-0.4, -0.2) is 37.7 Å². The maximum Gasteiger partial charge on any atom is 0.327 e. The first-order valence-corrected chi connectivity index (χ1v) is 14.6. The van der Waals surface area contributed by atoms with Gasteiger partial charge in [0.25, 0.3) is 0 Å². The van der Waals surface area contributed by atoms with Crippen LogP contribution in [0.1, 0.15) is 52.2 Å². The number of rotatable bonds is 9. The summed E-state index contributed by atoms with van der Waals surface area (Å²) in [7, 11) is 3.10. The Labute approximate surface area is 257 Å². The maximum absolute atomic E-state index is 14.7. The van der Waals surface area contributed by atoms with Gasteiger partial charge < -0.3 is 19.3 Å². The summed E-state index contributed by atoms with van der Waals surface area (Å²) in [5.74, 6) is -3.17. The van der Waals surface area contributed by atoms with Gasteiger partial charge in [0.2, 0.25) is 0 Å². The number of benzene rings is 4. The van der Waals surface area contributed by atoms with Crippen LogP contribution in [0.15, 0.2) is 109 Å². The van der Waals surface area contributed by atoms with Crippen molar-refractivity contribution in [3.05, 3.63) is 131 Å². The molecule has 1 aliphatic carbocycles. The number of hydrogen-bond donors (Lipinski definition) is 1. The van der Waals surface area contributed by atoms with E-state index in [-0.39, 0.29) is 18.8 Å². The Morgan fingerprint density at radius 3 is 1.84 bits per heavy atom. The smallest absolute Gasteiger partial charge is 0.327 e. The van der Waals surface area contributed by atoms with E-state index in [4.69, 9.17) is 14.2 Å². The largest absolute Gasteiger partial charge is 0.497 e. The summed E-state index contributed by atoms with van der Waals surface area (Å²) in [5.41, 5.74) is -1.63. The number of carbonyl (C=O) groups excluding carboxylic acids is 2. The molecule has 0 bridgehead atoms. The zero-order valence-corrected chi connectivity index (χ0v) is 25.0. The molecule has 44 heavy (non-hydrogen) atoms. The van der Waals surface area contributed by atoms with E-state index >= 15 is 0 Å². The Kier molecular flexibility index (Phi) is 8.84. The lowest BCUT2D eigenvalue weighted by Gasteiger charge is -2.54. The molecule has 0 spiro atoms. The second-order valence-electron chi connectivity index (χ2n) is 11.0. The quantitative estimate of drug-likeness (QED) is 0.177. The number of ether oxygens (including phenoxy) is 3. The molecule has 0 radical (unpaired) electrons. The van der Waals surface area contributed by atoms with Crippen LogP contribution in [0.25, 0.3) is 0 Å². The van der Waals surface area contributed by atoms with Crippen molar-refractivity contribution in [2.75, 3.05) is 20.8 Å². The van der Waals surface area contributed by atoms with Crippen LogP contribution in [0.5, 0.6) is 11.5 Å². The van der Waals surface area contributed by atoms with E-state index in [1.54, 1.807) is 124 Å². The Balaban J connectivity index is 1.88. The molecular formula is C37H35NO6. The molecule has 7 nitrogen and oxygen atoms in total. The van der Waals surface area contributed by atoms with Gasteiger partial charge in [0, 0.05) is 17.4 Å². The van der Waals surface area contributed by atoms with Gasteiger partial charge in [0.1, 0.15) is 17.1 Å². The van der Waals surface area contributed by atoms with Crippen molar-refractivity contribution < 1.29 is 28.9 Å². The minimum absolute atomic E-state index is 0.0349. The molecular weight excluding hydrogens is 554 g/mol. The van der Waals surface area contributed by atoms with Crippen LogP contribution in [-0.2, 0) is 15.1 Å². The standard InChI is InChI=1S/C37H35NO6/c1-4-44-35(40)36(24-38)31(25-15-19-29(42-2)20-16-25)23-37(41,28-13-9-6-10-14-28)33(34(39)27-11-7-5-8-12-27)32(36)26-17-21-30(43-3)22-18-26/h5-22,31-33,41H,4,23H2,1-3H3/t31-,32+,33-,36+,37-/m0/s1. The number of nitriles is 1. The van der Waals surface area contributed by atoms with Crippen LogP contribution >= 0.6 is 0 Å². The average Bonchev–Trinajstić information content (AvgIpc) is 3.08. The highest BCUT2D eigenvalue weighted by Gasteiger charge is 2.67. The van der Waals surface area contributed by atoms with Crippen molar-refractivity contribution in [1.82, 2.24) is 0 Å². The van der Waals surface area contributed by atoms with E-state index in [0.717, 1.165) is 0 Å². The molecule has 0 aromatic heterocycles. The van der Waals surface area contributed by atoms with Gasteiger partial charge in [-0.15, -0.1) is 0 Å². The molecule has 0 amide bonds. The molecule has 1 N–H and O–H groups in total. The highest BCUT2D eigenvalue weighted by atomic mass is 16.5. The van der Waals surface area contributed by atoms with E-state index in [1.165, 1.54) is 0 Å². The van der Waals surface area contributed by atoms with Gasteiger partial charge >= 0.3 is 5.97 Å². The molecule has 1 fully saturated rings. The average molecular weight is 590 g/mol. The lowest BCUT2D eigenvalue weighted by Crippen LogP contribution is -2.59. The zero-order chi connectivity index (χ0) is 31.3. The Hall–Kier alpha value is -4.93. The molecule has 224 valence electrons. The third-order valence-electron chi connectivity index (χ3n) is 8.81. The lowest BCUT2D eigenvalue weighted by molar-refractivity contribution is -0.164. The SMILES string of the molecule is CCOC(=O)[C@@]1(C#N)[C@H](c2ccc(OC)cc2)[C@@H](C(=O)c2ccccc2)[C@@](O)(c2ccccc2)C[C@H]1c1ccc(OC)cc1. The summed E-state index contributed by atoms with van der Waals surface area (Å²) in [4.78, 5) is 29.1. The van der Waals surface area contributed by atoms with Gasteiger partial charge in [-0.2, -0.15) is 5.26 Å². The second-order valence-corrected chi connectivity index (χ2v) is 11.0. The summed E-state index contributed by atoms with van der Waals surface area (Å²) < 4.78 is 16.5. The Morgan fingerprint density at radius 2 is 1.34 bits per heavy atom. The van der Waals surface area contributed by atoms with E-state index in [2.05, 4.69) is 6.07 Å². The third kappa shape index (κ3) is 5.23. The van der Waals surface area contributed by atoms with E-state index in [0.29, 0.717) is 33.8 Å². The number of carbonyl (C=O) groups is 2. The van der Waals surface area contributed by atoms with Crippen molar-refractivity contribution >= 4 is 11.8 Å². The molecule has 1 saturated carbocycles. The molecule has 4 aromatic rings. The molecule has 0 aliphatic heterocycles. The van der Waals surface area contributed by atoms with Crippen LogP contribution in [0.4, 0.5) is 0 Å². The lowest BCUT2D eigenvalue weighted by atomic mass is 9.47. The summed E-state index contributed by atoms with van der Waals surface area (Å²) in [6.07, 6.45) is -0.0917.